The number of aromatic nitrogens is 3. The zero-order chi connectivity index (χ0) is 19.6. The average molecular weight is 391 g/mol. The molecule has 1 aromatic heterocycles. The molecule has 3 rings (SSSR count). The first-order valence-electron chi connectivity index (χ1n) is 9.09. The van der Waals surface area contributed by atoms with Gasteiger partial charge in [-0.1, -0.05) is 37.6 Å². The lowest BCUT2D eigenvalue weighted by molar-refractivity contribution is -0.137. The number of halogens is 1. The van der Waals surface area contributed by atoms with Crippen LogP contribution in [0, 0.1) is 5.92 Å². The first-order chi connectivity index (χ1) is 12.9. The molecule has 1 N–H and O–H groups in total. The number of aliphatic carboxylic acids is 1. The van der Waals surface area contributed by atoms with E-state index < -0.39 is 5.97 Å². The van der Waals surface area contributed by atoms with Crippen molar-refractivity contribution in [1.82, 2.24) is 19.7 Å². The van der Waals surface area contributed by atoms with Gasteiger partial charge in [0, 0.05) is 19.0 Å². The van der Waals surface area contributed by atoms with E-state index >= 15 is 0 Å². The zero-order valence-electron chi connectivity index (χ0n) is 15.4. The Hall–Kier alpha value is -2.41. The maximum absolute atomic E-state index is 13.0. The number of hydrogen-bond acceptors (Lipinski definition) is 4. The highest BCUT2D eigenvalue weighted by atomic mass is 35.5. The SMILES string of the molecule is CC(C)CN(CCC(=O)O)C(=O)c1nc(C2CC2)n(-c2ccccc2Cl)n1. The van der Waals surface area contributed by atoms with E-state index in [1.165, 1.54) is 4.90 Å². The number of amides is 1. The van der Waals surface area contributed by atoms with Crippen LogP contribution in [0.5, 0.6) is 0 Å². The normalized spacial score (nSPS) is 13.8. The fraction of sp³-hybridized carbons (Fsp3) is 0.474. The molecule has 0 spiro atoms. The Labute approximate surface area is 163 Å². The van der Waals surface area contributed by atoms with Gasteiger partial charge in [-0.3, -0.25) is 9.59 Å². The highest BCUT2D eigenvalue weighted by Gasteiger charge is 2.33. The molecule has 0 radical (unpaired) electrons. The van der Waals surface area contributed by atoms with E-state index in [1.54, 1.807) is 10.7 Å². The summed E-state index contributed by atoms with van der Waals surface area (Å²) in [4.78, 5) is 29.9. The monoisotopic (exact) mass is 390 g/mol. The molecule has 1 heterocycles. The van der Waals surface area contributed by atoms with Gasteiger partial charge in [-0.2, -0.15) is 0 Å². The summed E-state index contributed by atoms with van der Waals surface area (Å²) in [6.45, 7) is 4.54. The molecular weight excluding hydrogens is 368 g/mol. The lowest BCUT2D eigenvalue weighted by atomic mass is 10.2. The second-order valence-electron chi connectivity index (χ2n) is 7.22. The summed E-state index contributed by atoms with van der Waals surface area (Å²) in [5.41, 5.74) is 0.688. The van der Waals surface area contributed by atoms with Crippen molar-refractivity contribution < 1.29 is 14.7 Å². The standard InChI is InChI=1S/C19H23ClN4O3/c1-12(2)11-23(10-9-16(25)26)19(27)17-21-18(13-7-8-13)24(22-17)15-6-4-3-5-14(15)20/h3-6,12-13H,7-11H2,1-2H3,(H,25,26). The molecular formula is C19H23ClN4O3. The van der Waals surface area contributed by atoms with Crippen molar-refractivity contribution in [2.24, 2.45) is 5.92 Å². The van der Waals surface area contributed by atoms with Gasteiger partial charge in [0.1, 0.15) is 5.82 Å². The van der Waals surface area contributed by atoms with Gasteiger partial charge < -0.3 is 10.0 Å². The summed E-state index contributed by atoms with van der Waals surface area (Å²) in [5.74, 6) is 0.00340. The zero-order valence-corrected chi connectivity index (χ0v) is 16.2. The molecule has 0 saturated heterocycles. The lowest BCUT2D eigenvalue weighted by Crippen LogP contribution is -2.36. The molecule has 0 aliphatic heterocycles. The van der Waals surface area contributed by atoms with Crippen LogP contribution in [-0.4, -0.2) is 49.7 Å². The molecule has 0 unspecified atom stereocenters. The van der Waals surface area contributed by atoms with Gasteiger partial charge in [0.25, 0.3) is 5.91 Å². The van der Waals surface area contributed by atoms with Gasteiger partial charge in [0.05, 0.1) is 17.1 Å². The van der Waals surface area contributed by atoms with Gasteiger partial charge in [-0.15, -0.1) is 5.10 Å². The topological polar surface area (TPSA) is 88.3 Å². The van der Waals surface area contributed by atoms with Crippen molar-refractivity contribution in [3.8, 4) is 5.69 Å². The predicted molar refractivity (Wildman–Crippen MR) is 101 cm³/mol. The molecule has 8 heteroatoms. The lowest BCUT2D eigenvalue weighted by Gasteiger charge is -2.22. The Balaban J connectivity index is 1.93. The van der Waals surface area contributed by atoms with Crippen LogP contribution in [0.3, 0.4) is 0 Å². The number of rotatable bonds is 8. The van der Waals surface area contributed by atoms with E-state index in [0.717, 1.165) is 18.7 Å². The fourth-order valence-electron chi connectivity index (χ4n) is 2.91. The Kier molecular flexibility index (Phi) is 5.79. The number of carboxylic acid groups (broad SMARTS) is 1. The number of carboxylic acids is 1. The molecule has 1 saturated carbocycles. The molecule has 1 amide bonds. The minimum Gasteiger partial charge on any atom is -0.481 e. The summed E-state index contributed by atoms with van der Waals surface area (Å²) in [6, 6.07) is 7.31. The number of carbonyl (C=O) groups is 2. The number of benzene rings is 1. The molecule has 2 aromatic rings. The molecule has 1 aliphatic rings. The second kappa shape index (κ2) is 8.08. The number of nitrogens with zero attached hydrogens (tertiary/aromatic N) is 4. The maximum atomic E-state index is 13.0. The largest absolute Gasteiger partial charge is 0.481 e. The van der Waals surface area contributed by atoms with Crippen molar-refractivity contribution >= 4 is 23.5 Å². The summed E-state index contributed by atoms with van der Waals surface area (Å²) < 4.78 is 1.65. The quantitative estimate of drug-likeness (QED) is 0.746. The Morgan fingerprint density at radius 3 is 2.63 bits per heavy atom. The Morgan fingerprint density at radius 2 is 2.04 bits per heavy atom. The van der Waals surface area contributed by atoms with Gasteiger partial charge in [0.2, 0.25) is 5.82 Å². The van der Waals surface area contributed by atoms with E-state index in [-0.39, 0.29) is 36.5 Å². The number of para-hydroxylation sites is 1. The fourth-order valence-corrected chi connectivity index (χ4v) is 3.13. The number of carbonyl (C=O) groups excluding carboxylic acids is 1. The van der Waals surface area contributed by atoms with Crippen molar-refractivity contribution in [2.75, 3.05) is 13.1 Å². The van der Waals surface area contributed by atoms with Crippen LogP contribution < -0.4 is 0 Å². The third-order valence-corrected chi connectivity index (χ3v) is 4.63. The smallest absolute Gasteiger partial charge is 0.305 e. The van der Waals surface area contributed by atoms with E-state index in [2.05, 4.69) is 10.1 Å². The van der Waals surface area contributed by atoms with Crippen LogP contribution in [0.4, 0.5) is 0 Å². The molecule has 27 heavy (non-hydrogen) atoms. The van der Waals surface area contributed by atoms with Crippen LogP contribution >= 0.6 is 11.6 Å². The summed E-state index contributed by atoms with van der Waals surface area (Å²) in [5, 5.41) is 13.9. The number of hydrogen-bond donors (Lipinski definition) is 1. The first kappa shape index (κ1) is 19.4. The summed E-state index contributed by atoms with van der Waals surface area (Å²) in [7, 11) is 0. The minimum atomic E-state index is -0.940. The molecule has 7 nitrogen and oxygen atoms in total. The molecule has 1 fully saturated rings. The third kappa shape index (κ3) is 4.66. The van der Waals surface area contributed by atoms with Gasteiger partial charge in [-0.05, 0) is 30.9 Å². The molecule has 0 bridgehead atoms. The van der Waals surface area contributed by atoms with Gasteiger partial charge in [0.15, 0.2) is 0 Å². The van der Waals surface area contributed by atoms with Gasteiger partial charge >= 0.3 is 5.97 Å². The minimum absolute atomic E-state index is 0.0860. The Bertz CT molecular complexity index is 845. The third-order valence-electron chi connectivity index (χ3n) is 4.31. The van der Waals surface area contributed by atoms with E-state index in [1.807, 2.05) is 32.0 Å². The van der Waals surface area contributed by atoms with Crippen LogP contribution in [0.2, 0.25) is 5.02 Å². The van der Waals surface area contributed by atoms with E-state index in [4.69, 9.17) is 16.7 Å². The average Bonchev–Trinajstić information content (AvgIpc) is 3.37. The van der Waals surface area contributed by atoms with E-state index in [0.29, 0.717) is 17.3 Å². The summed E-state index contributed by atoms with van der Waals surface area (Å²) in [6.07, 6.45) is 1.90. The van der Waals surface area contributed by atoms with Gasteiger partial charge in [-0.25, -0.2) is 9.67 Å². The predicted octanol–water partition coefficient (Wildman–Crippen LogP) is 3.37. The van der Waals surface area contributed by atoms with Crippen LogP contribution in [0.25, 0.3) is 5.69 Å². The molecule has 1 aliphatic carbocycles. The van der Waals surface area contributed by atoms with E-state index in [9.17, 15) is 9.59 Å². The van der Waals surface area contributed by atoms with Crippen molar-refractivity contribution in [2.45, 2.75) is 39.0 Å². The van der Waals surface area contributed by atoms with Crippen molar-refractivity contribution in [1.29, 1.82) is 0 Å². The van der Waals surface area contributed by atoms with Crippen LogP contribution in [0.15, 0.2) is 24.3 Å². The van der Waals surface area contributed by atoms with Crippen molar-refractivity contribution in [3.05, 3.63) is 40.9 Å². The first-order valence-corrected chi connectivity index (χ1v) is 9.47. The van der Waals surface area contributed by atoms with Crippen LogP contribution in [0.1, 0.15) is 55.5 Å². The summed E-state index contributed by atoms with van der Waals surface area (Å²) >= 11 is 6.31. The highest BCUT2D eigenvalue weighted by molar-refractivity contribution is 6.32. The second-order valence-corrected chi connectivity index (χ2v) is 7.63. The molecule has 0 atom stereocenters. The highest BCUT2D eigenvalue weighted by Crippen LogP contribution is 2.40. The Morgan fingerprint density at radius 1 is 1.33 bits per heavy atom. The molecule has 144 valence electrons. The van der Waals surface area contributed by atoms with Crippen LogP contribution in [-0.2, 0) is 4.79 Å². The maximum Gasteiger partial charge on any atom is 0.305 e. The van der Waals surface area contributed by atoms with Crippen molar-refractivity contribution in [3.63, 3.8) is 0 Å². The molecule has 1 aromatic carbocycles.